The van der Waals surface area contributed by atoms with Crippen LogP contribution in [0.15, 0.2) is 54.7 Å². The zero-order valence-electron chi connectivity index (χ0n) is 11.3. The van der Waals surface area contributed by atoms with E-state index in [9.17, 15) is 13.6 Å². The number of rotatable bonds is 3. The maximum Gasteiger partial charge on any atom is 0.163 e. The van der Waals surface area contributed by atoms with Crippen molar-refractivity contribution in [1.29, 1.82) is 0 Å². The second-order valence-corrected chi connectivity index (χ2v) is 4.60. The fourth-order valence-corrected chi connectivity index (χ4v) is 2.16. The van der Waals surface area contributed by atoms with Crippen molar-refractivity contribution >= 4 is 6.29 Å². The third-order valence-electron chi connectivity index (χ3n) is 3.17. The van der Waals surface area contributed by atoms with Gasteiger partial charge in [0.25, 0.3) is 0 Å². The highest BCUT2D eigenvalue weighted by atomic mass is 19.1. The Morgan fingerprint density at radius 2 is 1.82 bits per heavy atom. The molecule has 0 aliphatic carbocycles. The van der Waals surface area contributed by atoms with Gasteiger partial charge in [-0.15, -0.1) is 0 Å². The Kier molecular flexibility index (Phi) is 3.70. The molecular formula is C17H10F2N2O. The molecule has 0 aliphatic rings. The number of carbonyl (C=O) groups excluding carboxylic acids is 1. The van der Waals surface area contributed by atoms with E-state index in [4.69, 9.17) is 0 Å². The maximum atomic E-state index is 14.0. The Morgan fingerprint density at radius 1 is 1.00 bits per heavy atom. The topological polar surface area (TPSA) is 42.9 Å². The number of hydrogen-bond acceptors (Lipinski definition) is 3. The van der Waals surface area contributed by atoms with Crippen LogP contribution >= 0.6 is 0 Å². The number of halogens is 2. The lowest BCUT2D eigenvalue weighted by Crippen LogP contribution is -1.98. The third-order valence-corrected chi connectivity index (χ3v) is 3.17. The lowest BCUT2D eigenvalue weighted by atomic mass is 10.1. The van der Waals surface area contributed by atoms with Gasteiger partial charge in [0.15, 0.2) is 12.1 Å². The van der Waals surface area contributed by atoms with Gasteiger partial charge in [-0.3, -0.25) is 4.79 Å². The quantitative estimate of drug-likeness (QED) is 0.688. The maximum absolute atomic E-state index is 14.0. The zero-order valence-corrected chi connectivity index (χ0v) is 11.3. The number of carbonyl (C=O) groups is 1. The molecule has 108 valence electrons. The van der Waals surface area contributed by atoms with Crippen molar-refractivity contribution in [2.45, 2.75) is 0 Å². The number of hydrogen-bond donors (Lipinski definition) is 0. The van der Waals surface area contributed by atoms with Gasteiger partial charge in [0, 0.05) is 17.3 Å². The van der Waals surface area contributed by atoms with E-state index in [0.29, 0.717) is 17.5 Å². The molecule has 0 N–H and O–H groups in total. The summed E-state index contributed by atoms with van der Waals surface area (Å²) in [6, 6.07) is 11.7. The monoisotopic (exact) mass is 296 g/mol. The third kappa shape index (κ3) is 2.61. The van der Waals surface area contributed by atoms with E-state index in [0.717, 1.165) is 0 Å². The first-order valence-electron chi connectivity index (χ1n) is 6.52. The highest BCUT2D eigenvalue weighted by Gasteiger charge is 2.14. The normalized spacial score (nSPS) is 10.5. The Balaban J connectivity index is 2.15. The molecule has 0 atom stereocenters. The highest BCUT2D eigenvalue weighted by molar-refractivity contribution is 5.86. The van der Waals surface area contributed by atoms with Gasteiger partial charge in [0.2, 0.25) is 0 Å². The van der Waals surface area contributed by atoms with Gasteiger partial charge in [-0.05, 0) is 24.3 Å². The van der Waals surface area contributed by atoms with Crippen LogP contribution in [-0.4, -0.2) is 16.3 Å². The lowest BCUT2D eigenvalue weighted by Gasteiger charge is -2.07. The van der Waals surface area contributed by atoms with Crippen LogP contribution < -0.4 is 0 Å². The second-order valence-electron chi connectivity index (χ2n) is 4.60. The molecule has 0 amide bonds. The van der Waals surface area contributed by atoms with Crippen LogP contribution in [-0.2, 0) is 0 Å². The average Bonchev–Trinajstić information content (AvgIpc) is 2.54. The average molecular weight is 296 g/mol. The number of aldehydes is 1. The van der Waals surface area contributed by atoms with Gasteiger partial charge in [-0.25, -0.2) is 18.7 Å². The van der Waals surface area contributed by atoms with Crippen molar-refractivity contribution in [3.8, 4) is 22.6 Å². The molecule has 22 heavy (non-hydrogen) atoms. The predicted octanol–water partition coefficient (Wildman–Crippen LogP) is 3.90. The fraction of sp³-hybridized carbons (Fsp3) is 0. The summed E-state index contributed by atoms with van der Waals surface area (Å²) in [7, 11) is 0. The van der Waals surface area contributed by atoms with Crippen LogP contribution in [0.5, 0.6) is 0 Å². The minimum Gasteiger partial charge on any atom is -0.298 e. The van der Waals surface area contributed by atoms with Crippen LogP contribution in [0.1, 0.15) is 10.4 Å². The number of benzene rings is 2. The fourth-order valence-electron chi connectivity index (χ4n) is 2.16. The summed E-state index contributed by atoms with van der Waals surface area (Å²) in [6.07, 6.45) is 2.00. The zero-order chi connectivity index (χ0) is 15.5. The van der Waals surface area contributed by atoms with Crippen LogP contribution in [0.3, 0.4) is 0 Å². The van der Waals surface area contributed by atoms with Crippen molar-refractivity contribution in [3.63, 3.8) is 0 Å². The van der Waals surface area contributed by atoms with Gasteiger partial charge in [0.05, 0.1) is 11.3 Å². The van der Waals surface area contributed by atoms with E-state index in [1.165, 1.54) is 36.5 Å². The standard InChI is InChI=1S/C17H10F2N2O/c18-13-5-1-3-11(9-13)15-7-8-20-17(21-15)16-12(10-22)4-2-6-14(16)19/h1-10H. The smallest absolute Gasteiger partial charge is 0.163 e. The molecule has 5 heteroatoms. The summed E-state index contributed by atoms with van der Waals surface area (Å²) in [6.45, 7) is 0. The van der Waals surface area contributed by atoms with Crippen molar-refractivity contribution in [1.82, 2.24) is 9.97 Å². The Labute approximate surface area is 125 Å². The Hall–Kier alpha value is -2.95. The number of aromatic nitrogens is 2. The molecule has 2 aromatic carbocycles. The molecule has 0 fully saturated rings. The molecule has 0 saturated carbocycles. The summed E-state index contributed by atoms with van der Waals surface area (Å²) in [5, 5.41) is 0. The first-order chi connectivity index (χ1) is 10.7. The first kappa shape index (κ1) is 14.0. The molecule has 0 radical (unpaired) electrons. The van der Waals surface area contributed by atoms with Gasteiger partial charge in [-0.1, -0.05) is 24.3 Å². The van der Waals surface area contributed by atoms with Crippen molar-refractivity contribution in [3.05, 3.63) is 71.9 Å². The second kappa shape index (κ2) is 5.81. The summed E-state index contributed by atoms with van der Waals surface area (Å²) in [5.74, 6) is -0.889. The summed E-state index contributed by atoms with van der Waals surface area (Å²) >= 11 is 0. The molecular weight excluding hydrogens is 286 g/mol. The van der Waals surface area contributed by atoms with E-state index in [1.807, 2.05) is 0 Å². The molecule has 0 unspecified atom stereocenters. The summed E-state index contributed by atoms with van der Waals surface area (Å²) in [5.41, 5.74) is 1.20. The van der Waals surface area contributed by atoms with Crippen LogP contribution in [0.4, 0.5) is 8.78 Å². The molecule has 3 aromatic rings. The first-order valence-corrected chi connectivity index (χ1v) is 6.52. The largest absolute Gasteiger partial charge is 0.298 e. The van der Waals surface area contributed by atoms with Gasteiger partial charge >= 0.3 is 0 Å². The van der Waals surface area contributed by atoms with E-state index in [2.05, 4.69) is 9.97 Å². The van der Waals surface area contributed by atoms with Gasteiger partial charge < -0.3 is 0 Å². The van der Waals surface area contributed by atoms with Gasteiger partial charge in [0.1, 0.15) is 11.6 Å². The van der Waals surface area contributed by atoms with E-state index in [1.54, 1.807) is 18.2 Å². The molecule has 1 aromatic heterocycles. The molecule has 0 aliphatic heterocycles. The SMILES string of the molecule is O=Cc1cccc(F)c1-c1nccc(-c2cccc(F)c2)n1. The van der Waals surface area contributed by atoms with Gasteiger partial charge in [-0.2, -0.15) is 0 Å². The Morgan fingerprint density at radius 3 is 2.59 bits per heavy atom. The number of nitrogens with zero attached hydrogens (tertiary/aromatic N) is 2. The molecule has 3 rings (SSSR count). The molecule has 3 nitrogen and oxygen atoms in total. The summed E-state index contributed by atoms with van der Waals surface area (Å²) in [4.78, 5) is 19.4. The minimum absolute atomic E-state index is 0.0377. The summed E-state index contributed by atoms with van der Waals surface area (Å²) < 4.78 is 27.3. The van der Waals surface area contributed by atoms with Crippen LogP contribution in [0, 0.1) is 11.6 Å². The highest BCUT2D eigenvalue weighted by Crippen LogP contribution is 2.25. The van der Waals surface area contributed by atoms with E-state index < -0.39 is 11.6 Å². The lowest BCUT2D eigenvalue weighted by molar-refractivity contribution is 0.112. The molecule has 1 heterocycles. The minimum atomic E-state index is -0.582. The Bertz CT molecular complexity index is 850. The van der Waals surface area contributed by atoms with Crippen molar-refractivity contribution < 1.29 is 13.6 Å². The van der Waals surface area contributed by atoms with Crippen molar-refractivity contribution in [2.24, 2.45) is 0 Å². The van der Waals surface area contributed by atoms with E-state index in [-0.39, 0.29) is 17.0 Å². The molecule has 0 spiro atoms. The van der Waals surface area contributed by atoms with Crippen LogP contribution in [0.25, 0.3) is 22.6 Å². The predicted molar refractivity (Wildman–Crippen MR) is 78.2 cm³/mol. The van der Waals surface area contributed by atoms with Crippen molar-refractivity contribution in [2.75, 3.05) is 0 Å². The van der Waals surface area contributed by atoms with E-state index >= 15 is 0 Å². The molecule has 0 bridgehead atoms. The molecule has 0 saturated heterocycles. The van der Waals surface area contributed by atoms with Crippen LogP contribution in [0.2, 0.25) is 0 Å².